The molecule has 0 spiro atoms. The average Bonchev–Trinajstić information content (AvgIpc) is 2.33. The maximum atomic E-state index is 8.94. The van der Waals surface area contributed by atoms with Gasteiger partial charge in [-0.1, -0.05) is 27.7 Å². The summed E-state index contributed by atoms with van der Waals surface area (Å²) in [6.45, 7) is 17.8. The first-order valence-electron chi connectivity index (χ1n) is 7.21. The quantitative estimate of drug-likeness (QED) is 0.663. The second-order valence-electron chi connectivity index (χ2n) is 4.67. The van der Waals surface area contributed by atoms with Gasteiger partial charge in [-0.15, -0.1) is 0 Å². The zero-order valence-electron chi connectivity index (χ0n) is 13.5. The summed E-state index contributed by atoms with van der Waals surface area (Å²) in [6.07, 6.45) is -0.380. The van der Waals surface area contributed by atoms with Crippen LogP contribution < -0.4 is 0 Å². The minimum Gasteiger partial charge on any atom is -0.392 e. The maximum absolute atomic E-state index is 8.94. The van der Waals surface area contributed by atoms with E-state index < -0.39 is 0 Å². The van der Waals surface area contributed by atoms with E-state index in [1.54, 1.807) is 0 Å². The molecule has 19 heavy (non-hydrogen) atoms. The first kappa shape index (κ1) is 24.4. The molecule has 0 aromatic carbocycles. The van der Waals surface area contributed by atoms with Crippen molar-refractivity contribution in [3.8, 4) is 0 Å². The van der Waals surface area contributed by atoms with Crippen LogP contribution in [0.2, 0.25) is 0 Å². The molecule has 0 amide bonds. The van der Waals surface area contributed by atoms with Gasteiger partial charge in [0.1, 0.15) is 0 Å². The molecule has 0 bridgehead atoms. The summed E-state index contributed by atoms with van der Waals surface area (Å²) in [5.74, 6) is 0. The van der Waals surface area contributed by atoms with Gasteiger partial charge >= 0.3 is 0 Å². The summed E-state index contributed by atoms with van der Waals surface area (Å²) in [7, 11) is 0. The van der Waals surface area contributed by atoms with Gasteiger partial charge in [0, 0.05) is 30.2 Å². The predicted molar refractivity (Wildman–Crippen MR) is 78.9 cm³/mol. The fourth-order valence-corrected chi connectivity index (χ4v) is 1.71. The molecule has 0 aliphatic carbocycles. The van der Waals surface area contributed by atoms with Gasteiger partial charge in [0.15, 0.2) is 0 Å². The molecule has 0 aromatic rings. The SMILES string of the molecule is CCN(CC)CC(C)O.CCN(CC)CC(C)O.[Cu]. The van der Waals surface area contributed by atoms with E-state index in [1.807, 2.05) is 13.8 Å². The summed E-state index contributed by atoms with van der Waals surface area (Å²) >= 11 is 0. The van der Waals surface area contributed by atoms with E-state index in [0.717, 1.165) is 39.3 Å². The predicted octanol–water partition coefficient (Wildman–Crippen LogP) is 1.42. The first-order valence-corrected chi connectivity index (χ1v) is 7.21. The van der Waals surface area contributed by atoms with Gasteiger partial charge in [-0.3, -0.25) is 0 Å². The van der Waals surface area contributed by atoms with Crippen molar-refractivity contribution in [1.29, 1.82) is 0 Å². The van der Waals surface area contributed by atoms with Crippen molar-refractivity contribution in [2.45, 2.75) is 53.8 Å². The molecule has 5 heteroatoms. The Hall–Kier alpha value is 0.359. The van der Waals surface area contributed by atoms with Crippen LogP contribution in [0.4, 0.5) is 0 Å². The van der Waals surface area contributed by atoms with E-state index in [1.165, 1.54) is 0 Å². The Balaban J connectivity index is -0.000000256. The third-order valence-electron chi connectivity index (χ3n) is 2.83. The standard InChI is InChI=1S/2C7H17NO.Cu/c2*1-4-8(5-2)6-7(3)9;/h2*7,9H,4-6H2,1-3H3;. The molecule has 4 nitrogen and oxygen atoms in total. The van der Waals surface area contributed by atoms with Crippen LogP contribution in [-0.4, -0.2) is 71.5 Å². The van der Waals surface area contributed by atoms with Crippen molar-refractivity contribution < 1.29 is 27.3 Å². The molecule has 0 aliphatic heterocycles. The van der Waals surface area contributed by atoms with Crippen LogP contribution in [0.25, 0.3) is 0 Å². The zero-order valence-corrected chi connectivity index (χ0v) is 14.4. The summed E-state index contributed by atoms with van der Waals surface area (Å²) < 4.78 is 0. The number of rotatable bonds is 8. The van der Waals surface area contributed by atoms with Crippen molar-refractivity contribution in [3.05, 3.63) is 0 Å². The monoisotopic (exact) mass is 325 g/mol. The normalized spacial score (nSPS) is 13.6. The van der Waals surface area contributed by atoms with Gasteiger partial charge in [-0.05, 0) is 40.0 Å². The molecule has 0 heterocycles. The molecule has 123 valence electrons. The summed E-state index contributed by atoms with van der Waals surface area (Å²) in [5, 5.41) is 17.9. The molecular formula is C14H34CuN2O2. The molecule has 1 radical (unpaired) electrons. The maximum Gasteiger partial charge on any atom is 0.0639 e. The van der Waals surface area contributed by atoms with Crippen LogP contribution in [0, 0.1) is 0 Å². The molecule has 0 saturated heterocycles. The fraction of sp³-hybridized carbons (Fsp3) is 1.00. The Bertz CT molecular complexity index is 144. The number of aliphatic hydroxyl groups excluding tert-OH is 2. The Labute approximate surface area is 130 Å². The Morgan fingerprint density at radius 1 is 0.684 bits per heavy atom. The molecule has 0 rings (SSSR count). The van der Waals surface area contributed by atoms with Crippen LogP contribution in [-0.2, 0) is 17.1 Å². The van der Waals surface area contributed by atoms with E-state index in [9.17, 15) is 0 Å². The Kier molecular flexibility index (Phi) is 21.1. The number of likely N-dealkylation sites (N-methyl/N-ethyl adjacent to an activating group) is 2. The van der Waals surface area contributed by atoms with Crippen molar-refractivity contribution in [2.24, 2.45) is 0 Å². The fourth-order valence-electron chi connectivity index (χ4n) is 1.71. The smallest absolute Gasteiger partial charge is 0.0639 e. The van der Waals surface area contributed by atoms with Crippen molar-refractivity contribution in [1.82, 2.24) is 9.80 Å². The van der Waals surface area contributed by atoms with Gasteiger partial charge in [0.05, 0.1) is 12.2 Å². The largest absolute Gasteiger partial charge is 0.392 e. The minimum atomic E-state index is -0.190. The van der Waals surface area contributed by atoms with E-state index >= 15 is 0 Å². The van der Waals surface area contributed by atoms with Crippen LogP contribution in [0.3, 0.4) is 0 Å². The number of nitrogens with zero attached hydrogens (tertiary/aromatic N) is 2. The van der Waals surface area contributed by atoms with Gasteiger partial charge in [0.25, 0.3) is 0 Å². The topological polar surface area (TPSA) is 46.9 Å². The third-order valence-corrected chi connectivity index (χ3v) is 2.83. The van der Waals surface area contributed by atoms with Gasteiger partial charge < -0.3 is 20.0 Å². The van der Waals surface area contributed by atoms with Gasteiger partial charge in [-0.25, -0.2) is 0 Å². The second-order valence-corrected chi connectivity index (χ2v) is 4.67. The summed E-state index contributed by atoms with van der Waals surface area (Å²) in [5.41, 5.74) is 0. The number of hydrogen-bond acceptors (Lipinski definition) is 4. The Morgan fingerprint density at radius 2 is 0.895 bits per heavy atom. The molecule has 2 N–H and O–H groups in total. The Morgan fingerprint density at radius 3 is 0.947 bits per heavy atom. The average molecular weight is 326 g/mol. The van der Waals surface area contributed by atoms with E-state index in [4.69, 9.17) is 10.2 Å². The molecule has 2 atom stereocenters. The molecular weight excluding hydrogens is 292 g/mol. The van der Waals surface area contributed by atoms with Crippen molar-refractivity contribution in [3.63, 3.8) is 0 Å². The second kappa shape index (κ2) is 16.4. The minimum absolute atomic E-state index is 0. The van der Waals surface area contributed by atoms with E-state index in [2.05, 4.69) is 37.5 Å². The number of aliphatic hydroxyl groups is 2. The van der Waals surface area contributed by atoms with Crippen LogP contribution in [0.1, 0.15) is 41.5 Å². The zero-order chi connectivity index (χ0) is 14.6. The van der Waals surface area contributed by atoms with Crippen LogP contribution in [0.15, 0.2) is 0 Å². The molecule has 0 fully saturated rings. The van der Waals surface area contributed by atoms with Crippen molar-refractivity contribution in [2.75, 3.05) is 39.3 Å². The van der Waals surface area contributed by atoms with Crippen LogP contribution >= 0.6 is 0 Å². The van der Waals surface area contributed by atoms with E-state index in [0.29, 0.717) is 0 Å². The van der Waals surface area contributed by atoms with Gasteiger partial charge in [-0.2, -0.15) is 0 Å². The molecule has 2 unspecified atom stereocenters. The van der Waals surface area contributed by atoms with Crippen LogP contribution in [0.5, 0.6) is 0 Å². The van der Waals surface area contributed by atoms with E-state index in [-0.39, 0.29) is 29.3 Å². The molecule has 0 saturated carbocycles. The third kappa shape index (κ3) is 18.4. The molecule has 0 aliphatic rings. The molecule has 0 aromatic heterocycles. The summed E-state index contributed by atoms with van der Waals surface area (Å²) in [4.78, 5) is 4.40. The number of hydrogen-bond donors (Lipinski definition) is 2. The first-order chi connectivity index (χ1) is 8.40. The van der Waals surface area contributed by atoms with Gasteiger partial charge in [0.2, 0.25) is 0 Å². The van der Waals surface area contributed by atoms with Crippen molar-refractivity contribution >= 4 is 0 Å². The summed E-state index contributed by atoms with van der Waals surface area (Å²) in [6, 6.07) is 0.